The maximum atomic E-state index is 13.0. The smallest absolute Gasteiger partial charge is 0.260 e. The normalized spacial score (nSPS) is 13.8. The Morgan fingerprint density at radius 1 is 1.05 bits per heavy atom. The average molecular weight is 553 g/mol. The fraction of sp³-hybridized carbons (Fsp3) is 0.400. The third-order valence-electron chi connectivity index (χ3n) is 7.07. The van der Waals surface area contributed by atoms with Gasteiger partial charge in [-0.1, -0.05) is 37.6 Å². The topological polar surface area (TPSA) is 73.4 Å². The Balaban J connectivity index is 1.32. The van der Waals surface area contributed by atoms with Gasteiger partial charge in [-0.3, -0.25) is 4.79 Å². The van der Waals surface area contributed by atoms with Crippen LogP contribution in [-0.2, 0) is 12.8 Å². The second kappa shape index (κ2) is 11.8. The van der Waals surface area contributed by atoms with Gasteiger partial charge in [0.1, 0.15) is 29.6 Å². The van der Waals surface area contributed by atoms with Crippen LogP contribution >= 0.6 is 22.9 Å². The van der Waals surface area contributed by atoms with Crippen molar-refractivity contribution in [2.24, 2.45) is 0 Å². The number of ether oxygens (including phenoxy) is 3. The minimum Gasteiger partial charge on any atom is -0.490 e. The summed E-state index contributed by atoms with van der Waals surface area (Å²) < 4.78 is 17.7. The highest BCUT2D eigenvalue weighted by atomic mass is 35.5. The van der Waals surface area contributed by atoms with Crippen LogP contribution in [0, 0.1) is 0 Å². The third kappa shape index (κ3) is 5.54. The quantitative estimate of drug-likeness (QED) is 0.206. The van der Waals surface area contributed by atoms with Gasteiger partial charge < -0.3 is 19.2 Å². The molecule has 1 N–H and O–H groups in total. The summed E-state index contributed by atoms with van der Waals surface area (Å²) >= 11 is 8.28. The molecule has 0 unspecified atom stereocenters. The SMILES string of the molecule is CCOc1cc(-c2nc3sc4c(c3c(=O)[nH]2)CCCC4)cc(Cl)c1OCCOc1ccc([C@@H](C)CC)cc1. The summed E-state index contributed by atoms with van der Waals surface area (Å²) in [5, 5.41) is 1.12. The Morgan fingerprint density at radius 3 is 2.58 bits per heavy atom. The van der Waals surface area contributed by atoms with E-state index in [0.29, 0.717) is 53.6 Å². The molecule has 4 aromatic rings. The van der Waals surface area contributed by atoms with Gasteiger partial charge in [0, 0.05) is 10.4 Å². The largest absolute Gasteiger partial charge is 0.490 e. The molecule has 0 fully saturated rings. The highest BCUT2D eigenvalue weighted by Gasteiger charge is 2.21. The first kappa shape index (κ1) is 26.6. The monoisotopic (exact) mass is 552 g/mol. The number of benzene rings is 2. The number of aromatic nitrogens is 2. The first-order chi connectivity index (χ1) is 18.5. The minimum absolute atomic E-state index is 0.104. The van der Waals surface area contributed by atoms with Gasteiger partial charge in [-0.2, -0.15) is 0 Å². The van der Waals surface area contributed by atoms with Crippen molar-refractivity contribution in [1.29, 1.82) is 0 Å². The van der Waals surface area contributed by atoms with Gasteiger partial charge in [-0.15, -0.1) is 11.3 Å². The standard InChI is InChI=1S/C30H33ClN2O4S/c1-4-18(3)19-10-12-21(13-11-19)36-14-15-37-27-23(31)16-20(17-24(27)35-5-2)28-32-29(34)26-22-8-6-7-9-25(22)38-30(26)33-28/h10-13,16-18H,4-9,14-15H2,1-3H3,(H,32,33,34)/t18-/m0/s1. The number of rotatable bonds is 10. The summed E-state index contributed by atoms with van der Waals surface area (Å²) in [4.78, 5) is 22.9. The van der Waals surface area contributed by atoms with Crippen LogP contribution in [0.25, 0.3) is 21.6 Å². The molecule has 2 aromatic heterocycles. The van der Waals surface area contributed by atoms with E-state index in [4.69, 9.17) is 30.8 Å². The van der Waals surface area contributed by atoms with Crippen molar-refractivity contribution in [1.82, 2.24) is 9.97 Å². The van der Waals surface area contributed by atoms with Crippen molar-refractivity contribution in [3.63, 3.8) is 0 Å². The van der Waals surface area contributed by atoms with E-state index >= 15 is 0 Å². The molecule has 1 atom stereocenters. The van der Waals surface area contributed by atoms with Crippen LogP contribution in [0.15, 0.2) is 41.2 Å². The Labute approximate surface area is 231 Å². The molecule has 0 amide bonds. The first-order valence-corrected chi connectivity index (χ1v) is 14.5. The summed E-state index contributed by atoms with van der Waals surface area (Å²) in [6, 6.07) is 11.8. The molecule has 2 heterocycles. The van der Waals surface area contributed by atoms with Crippen LogP contribution < -0.4 is 19.8 Å². The number of nitrogens with one attached hydrogen (secondary N) is 1. The third-order valence-corrected chi connectivity index (χ3v) is 8.53. The maximum Gasteiger partial charge on any atom is 0.260 e. The van der Waals surface area contributed by atoms with E-state index in [9.17, 15) is 4.79 Å². The van der Waals surface area contributed by atoms with E-state index in [2.05, 4.69) is 31.0 Å². The number of halogens is 1. The average Bonchev–Trinajstić information content (AvgIpc) is 3.31. The summed E-state index contributed by atoms with van der Waals surface area (Å²) in [6.45, 7) is 7.41. The maximum absolute atomic E-state index is 13.0. The highest BCUT2D eigenvalue weighted by molar-refractivity contribution is 7.18. The summed E-state index contributed by atoms with van der Waals surface area (Å²) in [7, 11) is 0. The molecule has 2 aromatic carbocycles. The molecule has 8 heteroatoms. The second-order valence-electron chi connectivity index (χ2n) is 9.60. The van der Waals surface area contributed by atoms with Crippen molar-refractivity contribution in [3.8, 4) is 28.6 Å². The molecule has 38 heavy (non-hydrogen) atoms. The predicted octanol–water partition coefficient (Wildman–Crippen LogP) is 7.55. The van der Waals surface area contributed by atoms with Crippen LogP contribution in [-0.4, -0.2) is 29.8 Å². The Hall–Kier alpha value is -3.03. The summed E-state index contributed by atoms with van der Waals surface area (Å²) in [6.07, 6.45) is 5.34. The molecule has 0 saturated heterocycles. The molecule has 0 bridgehead atoms. The lowest BCUT2D eigenvalue weighted by Gasteiger charge is -2.16. The fourth-order valence-electron chi connectivity index (χ4n) is 4.84. The second-order valence-corrected chi connectivity index (χ2v) is 11.1. The van der Waals surface area contributed by atoms with E-state index in [1.165, 1.54) is 16.0 Å². The highest BCUT2D eigenvalue weighted by Crippen LogP contribution is 2.40. The van der Waals surface area contributed by atoms with Gasteiger partial charge in [-0.25, -0.2) is 4.98 Å². The number of aryl methyl sites for hydroxylation is 2. The number of hydrogen-bond acceptors (Lipinski definition) is 6. The van der Waals surface area contributed by atoms with Gasteiger partial charge in [0.05, 0.1) is 17.0 Å². The number of nitrogens with zero attached hydrogens (tertiary/aromatic N) is 1. The zero-order valence-electron chi connectivity index (χ0n) is 22.1. The molecule has 5 rings (SSSR count). The zero-order valence-corrected chi connectivity index (χ0v) is 23.6. The van der Waals surface area contributed by atoms with Gasteiger partial charge in [0.25, 0.3) is 5.56 Å². The Morgan fingerprint density at radius 2 is 1.82 bits per heavy atom. The number of aromatic amines is 1. The molecule has 0 spiro atoms. The number of fused-ring (bicyclic) bond motifs is 3. The van der Waals surface area contributed by atoms with Crippen molar-refractivity contribution in [2.75, 3.05) is 19.8 Å². The van der Waals surface area contributed by atoms with Crippen LogP contribution in [0.2, 0.25) is 5.02 Å². The minimum atomic E-state index is -0.104. The van der Waals surface area contributed by atoms with Gasteiger partial charge in [0.2, 0.25) is 0 Å². The molecular formula is C30H33ClN2O4S. The van der Waals surface area contributed by atoms with Crippen LogP contribution in [0.4, 0.5) is 0 Å². The van der Waals surface area contributed by atoms with Gasteiger partial charge in [-0.05, 0) is 80.3 Å². The van der Waals surface area contributed by atoms with Gasteiger partial charge >= 0.3 is 0 Å². The lowest BCUT2D eigenvalue weighted by Crippen LogP contribution is -2.12. The lowest BCUT2D eigenvalue weighted by atomic mass is 9.97. The van der Waals surface area contributed by atoms with E-state index in [1.807, 2.05) is 25.1 Å². The van der Waals surface area contributed by atoms with Crippen LogP contribution in [0.3, 0.4) is 0 Å². The van der Waals surface area contributed by atoms with Crippen molar-refractivity contribution < 1.29 is 14.2 Å². The summed E-state index contributed by atoms with van der Waals surface area (Å²) in [5.74, 6) is 2.75. The molecule has 1 aliphatic rings. The Kier molecular flexibility index (Phi) is 8.24. The van der Waals surface area contributed by atoms with E-state index in [0.717, 1.165) is 48.1 Å². The molecule has 0 saturated carbocycles. The number of H-pyrrole nitrogens is 1. The number of thiophene rings is 1. The van der Waals surface area contributed by atoms with Crippen molar-refractivity contribution >= 4 is 33.2 Å². The molecule has 0 radical (unpaired) electrons. The predicted molar refractivity (Wildman–Crippen MR) is 155 cm³/mol. The van der Waals surface area contributed by atoms with Crippen LogP contribution in [0.1, 0.15) is 62.0 Å². The zero-order chi connectivity index (χ0) is 26.6. The first-order valence-electron chi connectivity index (χ1n) is 13.3. The van der Waals surface area contributed by atoms with Gasteiger partial charge in [0.15, 0.2) is 11.5 Å². The van der Waals surface area contributed by atoms with Crippen molar-refractivity contribution in [2.45, 2.75) is 58.8 Å². The van der Waals surface area contributed by atoms with E-state index in [-0.39, 0.29) is 5.56 Å². The molecular weight excluding hydrogens is 520 g/mol. The molecule has 200 valence electrons. The van der Waals surface area contributed by atoms with E-state index in [1.54, 1.807) is 17.4 Å². The fourth-order valence-corrected chi connectivity index (χ4v) is 6.37. The summed E-state index contributed by atoms with van der Waals surface area (Å²) in [5.41, 5.74) is 3.04. The molecule has 0 aliphatic heterocycles. The van der Waals surface area contributed by atoms with Crippen molar-refractivity contribution in [3.05, 3.63) is 67.8 Å². The molecule has 6 nitrogen and oxygen atoms in total. The van der Waals surface area contributed by atoms with Crippen LogP contribution in [0.5, 0.6) is 17.2 Å². The van der Waals surface area contributed by atoms with E-state index < -0.39 is 0 Å². The molecule has 1 aliphatic carbocycles. The number of hydrogen-bond donors (Lipinski definition) is 1. The lowest BCUT2D eigenvalue weighted by molar-refractivity contribution is 0.208. The Bertz CT molecular complexity index is 1480.